The zero-order valence-corrected chi connectivity index (χ0v) is 24.3. The molecule has 226 valence electrons. The van der Waals surface area contributed by atoms with Crippen molar-refractivity contribution >= 4 is 13.7 Å². The molecule has 1 aliphatic heterocycles. The Morgan fingerprint density at radius 1 is 1.12 bits per heavy atom. The quantitative estimate of drug-likeness (QED) is 0.219. The van der Waals surface area contributed by atoms with E-state index in [4.69, 9.17) is 18.5 Å². The number of nitrogens with zero attached hydrogens (tertiary/aromatic N) is 1. The first-order valence-corrected chi connectivity index (χ1v) is 14.7. The molecule has 3 aromatic rings. The first-order valence-electron chi connectivity index (χ1n) is 13.2. The van der Waals surface area contributed by atoms with E-state index in [-0.39, 0.29) is 5.75 Å². The average Bonchev–Trinajstić information content (AvgIpc) is 3.16. The molecule has 14 heteroatoms. The van der Waals surface area contributed by atoms with Gasteiger partial charge in [0.25, 0.3) is 5.56 Å². The van der Waals surface area contributed by atoms with Gasteiger partial charge in [-0.2, -0.15) is 5.09 Å². The number of aromatic amines is 1. The van der Waals surface area contributed by atoms with Gasteiger partial charge < -0.3 is 19.1 Å². The van der Waals surface area contributed by atoms with Gasteiger partial charge in [0.05, 0.1) is 12.7 Å². The zero-order valence-electron chi connectivity index (χ0n) is 23.4. The van der Waals surface area contributed by atoms with Crippen molar-refractivity contribution in [2.45, 2.75) is 63.9 Å². The fourth-order valence-corrected chi connectivity index (χ4v) is 5.83. The summed E-state index contributed by atoms with van der Waals surface area (Å²) in [5, 5.41) is 13.2. The fraction of sp³-hybridized carbons (Fsp3) is 0.393. The van der Waals surface area contributed by atoms with Crippen molar-refractivity contribution in [1.82, 2.24) is 14.6 Å². The SMILES string of the molecule is CC(C)OC(=O)[C@H](C)NP(=O)(OC[C@H]1O[C@@H](n2ccc(=O)[nH]c2=O)[C@](C)(F)[C@@H]1O)Oc1ccc(-c2ccccc2)cc1. The van der Waals surface area contributed by atoms with Crippen LogP contribution >= 0.6 is 7.75 Å². The number of halogens is 1. The van der Waals surface area contributed by atoms with Gasteiger partial charge in [-0.25, -0.2) is 13.8 Å². The molecule has 1 aromatic heterocycles. The maximum atomic E-state index is 15.6. The molecule has 6 atom stereocenters. The van der Waals surface area contributed by atoms with E-state index >= 15 is 4.39 Å². The van der Waals surface area contributed by atoms with Crippen LogP contribution in [0, 0.1) is 0 Å². The van der Waals surface area contributed by atoms with Gasteiger partial charge in [0.2, 0.25) is 0 Å². The lowest BCUT2D eigenvalue weighted by atomic mass is 9.98. The van der Waals surface area contributed by atoms with Gasteiger partial charge in [-0.15, -0.1) is 0 Å². The maximum absolute atomic E-state index is 15.6. The van der Waals surface area contributed by atoms with Gasteiger partial charge in [-0.3, -0.25) is 23.7 Å². The minimum absolute atomic E-state index is 0.135. The Kier molecular flexibility index (Phi) is 9.49. The summed E-state index contributed by atoms with van der Waals surface area (Å²) in [7, 11) is -4.39. The van der Waals surface area contributed by atoms with Crippen LogP contribution in [-0.4, -0.2) is 57.3 Å². The number of aliphatic hydroxyl groups excluding tert-OH is 1. The first-order chi connectivity index (χ1) is 19.8. The van der Waals surface area contributed by atoms with Crippen molar-refractivity contribution < 1.29 is 37.4 Å². The number of esters is 1. The minimum atomic E-state index is -4.39. The van der Waals surface area contributed by atoms with Crippen molar-refractivity contribution in [2.24, 2.45) is 0 Å². The number of ether oxygens (including phenoxy) is 2. The lowest BCUT2D eigenvalue weighted by molar-refractivity contribution is -0.149. The molecular formula is C28H33FN3O9P. The predicted octanol–water partition coefficient (Wildman–Crippen LogP) is 3.32. The molecule has 0 bridgehead atoms. The molecule has 1 saturated heterocycles. The van der Waals surface area contributed by atoms with Crippen LogP contribution in [0.2, 0.25) is 0 Å². The number of benzene rings is 2. The molecule has 0 saturated carbocycles. The number of nitrogens with one attached hydrogen (secondary N) is 2. The molecule has 42 heavy (non-hydrogen) atoms. The number of hydrogen-bond acceptors (Lipinski definition) is 9. The van der Waals surface area contributed by atoms with E-state index < -0.39 is 67.8 Å². The number of aromatic nitrogens is 2. The van der Waals surface area contributed by atoms with Crippen molar-refractivity contribution in [3.05, 3.63) is 87.7 Å². The lowest BCUT2D eigenvalue weighted by Crippen LogP contribution is -2.43. The van der Waals surface area contributed by atoms with Gasteiger partial charge >= 0.3 is 19.4 Å². The summed E-state index contributed by atoms with van der Waals surface area (Å²) in [4.78, 5) is 38.1. The Morgan fingerprint density at radius 2 is 1.76 bits per heavy atom. The van der Waals surface area contributed by atoms with Gasteiger partial charge in [0.15, 0.2) is 11.9 Å². The number of H-pyrrole nitrogens is 1. The van der Waals surface area contributed by atoms with Gasteiger partial charge in [0, 0.05) is 12.3 Å². The second-order valence-corrected chi connectivity index (χ2v) is 11.9. The first kappa shape index (κ1) is 31.3. The van der Waals surface area contributed by atoms with Gasteiger partial charge in [-0.1, -0.05) is 42.5 Å². The van der Waals surface area contributed by atoms with Crippen LogP contribution in [0.25, 0.3) is 11.1 Å². The van der Waals surface area contributed by atoms with Crippen LogP contribution in [0.4, 0.5) is 4.39 Å². The summed E-state index contributed by atoms with van der Waals surface area (Å²) < 4.78 is 52.4. The normalized spacial score (nSPS) is 24.2. The molecule has 0 aliphatic carbocycles. The highest BCUT2D eigenvalue weighted by Gasteiger charge is 2.56. The lowest BCUT2D eigenvalue weighted by Gasteiger charge is -2.25. The molecule has 0 spiro atoms. The number of hydrogen-bond donors (Lipinski definition) is 3. The van der Waals surface area contributed by atoms with Crippen molar-refractivity contribution in [1.29, 1.82) is 0 Å². The Labute approximate surface area is 241 Å². The van der Waals surface area contributed by atoms with Crippen LogP contribution < -0.4 is 20.9 Å². The molecule has 4 rings (SSSR count). The van der Waals surface area contributed by atoms with Gasteiger partial charge in [0.1, 0.15) is 24.0 Å². The Morgan fingerprint density at radius 3 is 2.38 bits per heavy atom. The van der Waals surface area contributed by atoms with Crippen LogP contribution in [0.15, 0.2) is 76.4 Å². The predicted molar refractivity (Wildman–Crippen MR) is 151 cm³/mol. The summed E-state index contributed by atoms with van der Waals surface area (Å²) in [6.45, 7) is 5.08. The van der Waals surface area contributed by atoms with E-state index in [9.17, 15) is 24.1 Å². The number of carbonyl (C=O) groups is 1. The van der Waals surface area contributed by atoms with Crippen LogP contribution in [0.1, 0.15) is 33.9 Å². The molecule has 2 heterocycles. The molecule has 3 N–H and O–H groups in total. The average molecular weight is 606 g/mol. The van der Waals surface area contributed by atoms with E-state index in [2.05, 4.69) is 5.09 Å². The second-order valence-electron chi connectivity index (χ2n) is 10.3. The number of aliphatic hydroxyl groups is 1. The molecular weight excluding hydrogens is 572 g/mol. The Balaban J connectivity index is 1.54. The molecule has 1 aliphatic rings. The number of carbonyl (C=O) groups excluding carboxylic acids is 1. The van der Waals surface area contributed by atoms with Crippen molar-refractivity contribution in [2.75, 3.05) is 6.61 Å². The molecule has 1 fully saturated rings. The minimum Gasteiger partial charge on any atom is -0.462 e. The van der Waals surface area contributed by atoms with E-state index in [1.165, 1.54) is 6.92 Å². The monoisotopic (exact) mass is 605 g/mol. The highest BCUT2D eigenvalue weighted by Crippen LogP contribution is 2.47. The molecule has 0 radical (unpaired) electrons. The summed E-state index contributed by atoms with van der Waals surface area (Å²) in [6.07, 6.45) is -4.28. The third-order valence-electron chi connectivity index (χ3n) is 6.47. The van der Waals surface area contributed by atoms with Crippen LogP contribution in [-0.2, 0) is 23.4 Å². The van der Waals surface area contributed by atoms with Crippen LogP contribution in [0.3, 0.4) is 0 Å². The van der Waals surface area contributed by atoms with Crippen molar-refractivity contribution in [3.8, 4) is 16.9 Å². The largest absolute Gasteiger partial charge is 0.462 e. The zero-order chi connectivity index (χ0) is 30.7. The van der Waals surface area contributed by atoms with E-state index in [0.717, 1.165) is 34.9 Å². The van der Waals surface area contributed by atoms with Gasteiger partial charge in [-0.05, 0) is 51.0 Å². The van der Waals surface area contributed by atoms with E-state index in [1.807, 2.05) is 35.3 Å². The van der Waals surface area contributed by atoms with Crippen LogP contribution in [0.5, 0.6) is 5.75 Å². The summed E-state index contributed by atoms with van der Waals surface area (Å²) in [5.74, 6) is -0.585. The smallest absolute Gasteiger partial charge is 0.459 e. The third-order valence-corrected chi connectivity index (χ3v) is 8.12. The number of rotatable bonds is 11. The maximum Gasteiger partial charge on any atom is 0.459 e. The summed E-state index contributed by atoms with van der Waals surface area (Å²) >= 11 is 0. The Bertz CT molecular complexity index is 1540. The molecule has 1 unspecified atom stereocenters. The molecule has 2 aromatic carbocycles. The highest BCUT2D eigenvalue weighted by atomic mass is 31.2. The second kappa shape index (κ2) is 12.7. The van der Waals surface area contributed by atoms with E-state index in [1.54, 1.807) is 38.1 Å². The fourth-order valence-electron chi connectivity index (χ4n) is 4.33. The highest BCUT2D eigenvalue weighted by molar-refractivity contribution is 7.52. The summed E-state index contributed by atoms with van der Waals surface area (Å²) in [5.41, 5.74) is -2.33. The summed E-state index contributed by atoms with van der Waals surface area (Å²) in [6, 6.07) is 16.0. The molecule has 0 amide bonds. The van der Waals surface area contributed by atoms with E-state index in [0.29, 0.717) is 0 Å². The Hall–Kier alpha value is -3.61. The topological polar surface area (TPSA) is 158 Å². The molecule has 12 nitrogen and oxygen atoms in total. The standard InChI is InChI=1S/C28H33FN3O9P/c1-17(2)39-25(35)18(3)31-42(37,41-21-12-10-20(11-13-21)19-8-6-5-7-9-19)38-16-22-24(34)28(4,29)26(40-22)32-15-14-23(33)30-27(32)36/h5-15,17-18,22,24,26,34H,16H2,1-4H3,(H,31,37)(H,30,33,36)/t18-,22+,24+,26+,28+,42?/m0/s1. The van der Waals surface area contributed by atoms with Crippen molar-refractivity contribution in [3.63, 3.8) is 0 Å². The number of alkyl halides is 1. The third kappa shape index (κ3) is 7.23.